The van der Waals surface area contributed by atoms with Crippen molar-refractivity contribution in [2.24, 2.45) is 0 Å². The van der Waals surface area contributed by atoms with E-state index in [1.807, 2.05) is 48.8 Å². The van der Waals surface area contributed by atoms with Crippen LogP contribution in [0.25, 0.3) is 73.5 Å². The van der Waals surface area contributed by atoms with E-state index < -0.39 is 0 Å². The summed E-state index contributed by atoms with van der Waals surface area (Å²) in [4.78, 5) is 60.4. The molecule has 15 rings (SSSR count). The van der Waals surface area contributed by atoms with Crippen LogP contribution in [0, 0.1) is 0 Å². The molecule has 16 nitrogen and oxygen atoms in total. The first kappa shape index (κ1) is 53.4. The number of carbonyl (C=O) groups excluding carboxylic acids is 3. The Bertz CT molecular complexity index is 4020. The van der Waals surface area contributed by atoms with Crippen molar-refractivity contribution in [3.8, 4) is 65.8 Å². The molecule has 4 aliphatic heterocycles. The Hall–Kier alpha value is -6.89. The monoisotopic (exact) mass is 1190 g/mol. The van der Waals surface area contributed by atoms with Gasteiger partial charge in [0.1, 0.15) is 30.0 Å². The summed E-state index contributed by atoms with van der Waals surface area (Å²) in [6.45, 7) is 13.4. The molecule has 414 valence electrons. The highest BCUT2D eigenvalue weighted by Gasteiger charge is 2.31. The summed E-state index contributed by atoms with van der Waals surface area (Å²) in [5.41, 5.74) is 12.4. The first-order valence-electron chi connectivity index (χ1n) is 26.8. The molecular formula is C59H55N9O7S6. The van der Waals surface area contributed by atoms with Crippen LogP contribution < -0.4 is 40.2 Å². The number of ether oxygens (including phenoxy) is 4. The number of aryl methyl sites for hydroxylation is 1. The second-order valence-corrected chi connectivity index (χ2v) is 26.8. The van der Waals surface area contributed by atoms with Gasteiger partial charge in [-0.25, -0.2) is 15.0 Å². The van der Waals surface area contributed by atoms with Crippen LogP contribution in [0.4, 0.5) is 15.0 Å². The highest BCUT2D eigenvalue weighted by molar-refractivity contribution is 7.24. The predicted octanol–water partition coefficient (Wildman–Crippen LogP) is 13.8. The Morgan fingerprint density at radius 3 is 1.60 bits per heavy atom. The van der Waals surface area contributed by atoms with Crippen molar-refractivity contribution in [2.45, 2.75) is 92.3 Å². The molecule has 4 N–H and O–H groups in total. The van der Waals surface area contributed by atoms with Gasteiger partial charge in [0.15, 0.2) is 23.0 Å². The van der Waals surface area contributed by atoms with Gasteiger partial charge in [0.25, 0.3) is 0 Å². The highest BCUT2D eigenvalue weighted by Crippen LogP contribution is 2.50. The van der Waals surface area contributed by atoms with E-state index in [0.29, 0.717) is 6.04 Å². The molecule has 3 aromatic carbocycles. The number of benzene rings is 3. The van der Waals surface area contributed by atoms with Gasteiger partial charge in [0, 0.05) is 114 Å². The van der Waals surface area contributed by atoms with E-state index in [1.54, 1.807) is 81.9 Å². The van der Waals surface area contributed by atoms with E-state index in [9.17, 15) is 14.4 Å². The van der Waals surface area contributed by atoms with Crippen LogP contribution in [0.5, 0.6) is 23.0 Å². The number of fused-ring (bicyclic) bond motifs is 8. The predicted molar refractivity (Wildman–Crippen MR) is 328 cm³/mol. The average molecular weight is 1190 g/mol. The molecule has 22 heteroatoms. The van der Waals surface area contributed by atoms with Crippen molar-refractivity contribution in [2.75, 3.05) is 42.6 Å². The van der Waals surface area contributed by atoms with E-state index in [1.165, 1.54) is 56.7 Å². The van der Waals surface area contributed by atoms with E-state index in [2.05, 4.69) is 63.2 Å². The van der Waals surface area contributed by atoms with E-state index in [4.69, 9.17) is 33.9 Å². The molecule has 0 radical (unpaired) electrons. The third kappa shape index (κ3) is 10.8. The topological polar surface area (TPSA) is 191 Å². The standard InChI is InChI=1S/C22H19N3OS2.C20H21N3O3S2.C17H15N3O3S2/c1-13(26)24-21-20(16-4-2-3-5-18(16)27-21)22-25-17-7-6-15(12-19(17)28-22)14-8-10-23-11-9-14;1-10(2)23-5-4-12-17(8-23)28-19(21-11(3)24)18(12)20-22-13-6-14-15(26-9-25-14)7-16(13)27-20;1-8(21)19-16-15(9-2-3-18-6-14(9)25-16)17-20-10-4-11-12(23-7-22-11)5-13(10)24-17/h6-12H,2-5H2,1H3,(H,24,26);6-7,10H,4-5,8-9H2,1-3H3,(H,21,24);4-5,18H,2-3,6-7H2,1H3,(H,19,21). The second kappa shape index (κ2) is 22.5. The Morgan fingerprint density at radius 2 is 1.04 bits per heavy atom. The molecule has 81 heavy (non-hydrogen) atoms. The van der Waals surface area contributed by atoms with E-state index in [0.717, 1.165) is 158 Å². The number of carbonyl (C=O) groups is 3. The minimum atomic E-state index is -0.0605. The molecule has 0 fully saturated rings. The zero-order valence-corrected chi connectivity index (χ0v) is 49.9. The van der Waals surface area contributed by atoms with Crippen LogP contribution in [0.1, 0.15) is 78.8 Å². The number of nitrogens with zero attached hydrogens (tertiary/aromatic N) is 5. The summed E-state index contributed by atoms with van der Waals surface area (Å²) >= 11 is 10.0. The van der Waals surface area contributed by atoms with Gasteiger partial charge in [0.2, 0.25) is 31.3 Å². The number of hydrogen-bond donors (Lipinski definition) is 4. The van der Waals surface area contributed by atoms with Crippen molar-refractivity contribution in [3.63, 3.8) is 0 Å². The summed E-state index contributed by atoms with van der Waals surface area (Å²) in [5.74, 6) is 2.87. The third-order valence-electron chi connectivity index (χ3n) is 14.6. The molecule has 0 unspecified atom stereocenters. The lowest BCUT2D eigenvalue weighted by Crippen LogP contribution is -2.35. The summed E-state index contributed by atoms with van der Waals surface area (Å²) in [7, 11) is 0. The molecule has 5 aliphatic rings. The number of hydrogen-bond acceptors (Lipinski definition) is 19. The van der Waals surface area contributed by atoms with Gasteiger partial charge in [-0.3, -0.25) is 24.3 Å². The number of rotatable bonds is 8. The van der Waals surface area contributed by atoms with Crippen molar-refractivity contribution in [1.29, 1.82) is 0 Å². The molecule has 7 aromatic heterocycles. The molecule has 0 spiro atoms. The lowest BCUT2D eigenvalue weighted by molar-refractivity contribution is -0.115. The van der Waals surface area contributed by atoms with Crippen molar-refractivity contribution < 1.29 is 33.3 Å². The lowest BCUT2D eigenvalue weighted by Gasteiger charge is -2.30. The number of anilines is 3. The largest absolute Gasteiger partial charge is 0.454 e. The second-order valence-electron chi connectivity index (χ2n) is 20.4. The molecule has 0 saturated heterocycles. The number of thiophene rings is 3. The fourth-order valence-corrected chi connectivity index (χ4v) is 18.1. The SMILES string of the molecule is CC(=O)Nc1sc2c(c1-c1nc3cc4c(cc3s1)OCO4)CCN(C(C)C)C2.CC(=O)Nc1sc2c(c1-c1nc3cc4c(cc3s1)OCO4)CCNC2.CC(=O)Nc1sc2c(c1-c1nc3ccc(-c4ccncc4)cc3s1)CCCC2. The summed E-state index contributed by atoms with van der Waals surface area (Å²) in [5, 5.41) is 18.1. The minimum Gasteiger partial charge on any atom is -0.454 e. The highest BCUT2D eigenvalue weighted by atomic mass is 32.1. The zero-order valence-electron chi connectivity index (χ0n) is 45.0. The van der Waals surface area contributed by atoms with Crippen LogP contribution in [-0.4, -0.2) is 75.3 Å². The van der Waals surface area contributed by atoms with Gasteiger partial charge in [-0.05, 0) is 111 Å². The molecule has 3 amide bonds. The summed E-state index contributed by atoms with van der Waals surface area (Å²) < 4.78 is 25.2. The number of nitrogens with one attached hydrogen (secondary N) is 4. The quantitative estimate of drug-likeness (QED) is 0.112. The van der Waals surface area contributed by atoms with Crippen molar-refractivity contribution in [3.05, 3.63) is 98.3 Å². The smallest absolute Gasteiger partial charge is 0.231 e. The lowest BCUT2D eigenvalue weighted by atomic mass is 9.96. The third-order valence-corrected chi connectivity index (χ3v) is 21.2. The van der Waals surface area contributed by atoms with Gasteiger partial charge in [0.05, 0.1) is 30.6 Å². The normalized spacial score (nSPS) is 14.9. The van der Waals surface area contributed by atoms with Crippen LogP contribution in [0.3, 0.4) is 0 Å². The number of thiazole rings is 3. The number of aromatic nitrogens is 4. The zero-order chi connectivity index (χ0) is 55.5. The van der Waals surface area contributed by atoms with Gasteiger partial charge in [-0.2, -0.15) is 0 Å². The van der Waals surface area contributed by atoms with Crippen molar-refractivity contribution in [1.82, 2.24) is 30.2 Å². The first-order valence-corrected chi connectivity index (χ1v) is 31.7. The fourth-order valence-electron chi connectivity index (χ4n) is 10.8. The summed E-state index contributed by atoms with van der Waals surface area (Å²) in [6, 6.07) is 18.8. The number of pyridine rings is 1. The fraction of sp³-hybridized carbons (Fsp3) is 0.305. The van der Waals surface area contributed by atoms with Gasteiger partial charge in [-0.1, -0.05) is 6.07 Å². The molecule has 10 aromatic rings. The van der Waals surface area contributed by atoms with Gasteiger partial charge in [-0.15, -0.1) is 68.0 Å². The van der Waals surface area contributed by atoms with E-state index >= 15 is 0 Å². The molecule has 0 atom stereocenters. The summed E-state index contributed by atoms with van der Waals surface area (Å²) in [6.07, 6.45) is 10.1. The van der Waals surface area contributed by atoms with Gasteiger partial charge < -0.3 is 40.2 Å². The minimum absolute atomic E-state index is 0.0269. The molecular weight excluding hydrogens is 1140 g/mol. The maximum atomic E-state index is 11.8. The Morgan fingerprint density at radius 1 is 0.543 bits per heavy atom. The van der Waals surface area contributed by atoms with Crippen LogP contribution in [0.2, 0.25) is 0 Å². The van der Waals surface area contributed by atoms with Crippen LogP contribution >= 0.6 is 68.0 Å². The molecule has 11 heterocycles. The average Bonchev–Trinajstić information content (AvgIpc) is 4.45. The maximum Gasteiger partial charge on any atom is 0.231 e. The Balaban J connectivity index is 0.000000115. The van der Waals surface area contributed by atoms with E-state index in [-0.39, 0.29) is 31.3 Å². The first-order chi connectivity index (χ1) is 39.4. The molecule has 0 saturated carbocycles. The van der Waals surface area contributed by atoms with Gasteiger partial charge >= 0.3 is 0 Å². The Kier molecular flexibility index (Phi) is 14.8. The molecule has 1 aliphatic carbocycles. The Labute approximate surface area is 490 Å². The van der Waals surface area contributed by atoms with Crippen LogP contribution in [-0.2, 0) is 53.2 Å². The number of amides is 3. The van der Waals surface area contributed by atoms with Crippen LogP contribution in [0.15, 0.2) is 67.0 Å². The molecule has 0 bridgehead atoms. The maximum absolute atomic E-state index is 11.8. The van der Waals surface area contributed by atoms with Crippen molar-refractivity contribution >= 4 is 131 Å².